The van der Waals surface area contributed by atoms with E-state index >= 15 is 0 Å². The maximum Gasteiger partial charge on any atom is 0.327 e. The van der Waals surface area contributed by atoms with Crippen molar-refractivity contribution in [1.82, 2.24) is 15.3 Å². The highest BCUT2D eigenvalue weighted by molar-refractivity contribution is 5.98. The van der Waals surface area contributed by atoms with Gasteiger partial charge in [-0.3, -0.25) is 0 Å². The highest BCUT2D eigenvalue weighted by Crippen LogP contribution is 2.24. The minimum atomic E-state index is -0.375. The lowest BCUT2D eigenvalue weighted by Gasteiger charge is -2.23. The molecule has 0 bridgehead atoms. The Morgan fingerprint density at radius 3 is 2.56 bits per heavy atom. The molecule has 2 aromatic rings. The van der Waals surface area contributed by atoms with Gasteiger partial charge in [-0.15, -0.1) is 0 Å². The maximum absolute atomic E-state index is 13.3. The second kappa shape index (κ2) is 9.82. The van der Waals surface area contributed by atoms with Gasteiger partial charge in [-0.25, -0.2) is 19.1 Å². The number of carbonyl (C=O) groups excluding carboxylic acids is 1. The molecular weight excluding hydrogens is 349 g/mol. The molecule has 146 valence electrons. The summed E-state index contributed by atoms with van der Waals surface area (Å²) in [6, 6.07) is 6.96. The largest absolute Gasteiger partial charge is 0.383 e. The van der Waals surface area contributed by atoms with Crippen LogP contribution in [-0.4, -0.2) is 42.3 Å². The number of aromatic nitrogens is 2. The summed E-state index contributed by atoms with van der Waals surface area (Å²) in [5.74, 6) is 0.673. The normalized spacial score (nSPS) is 11.9. The van der Waals surface area contributed by atoms with Crippen LogP contribution in [0.15, 0.2) is 36.5 Å². The van der Waals surface area contributed by atoms with Gasteiger partial charge in [-0.05, 0) is 37.1 Å². The number of nitrogens with one attached hydrogen (secondary N) is 2. The van der Waals surface area contributed by atoms with Crippen molar-refractivity contribution in [3.8, 4) is 0 Å². The Kier molecular flexibility index (Phi) is 7.48. The second-order valence-corrected chi connectivity index (χ2v) is 6.63. The summed E-state index contributed by atoms with van der Waals surface area (Å²) in [6.07, 6.45) is 1.57. The SMILES string of the molecule is COCC(C)Nc1nccc(N(C(=O)NCC(C)C)c2ccc(F)cc2)n1. The van der Waals surface area contributed by atoms with Crippen LogP contribution in [0.4, 0.5) is 26.6 Å². The summed E-state index contributed by atoms with van der Waals surface area (Å²) >= 11 is 0. The van der Waals surface area contributed by atoms with E-state index in [2.05, 4.69) is 20.6 Å². The number of rotatable bonds is 8. The molecule has 0 aliphatic heterocycles. The minimum absolute atomic E-state index is 0.000659. The van der Waals surface area contributed by atoms with Crippen molar-refractivity contribution in [1.29, 1.82) is 0 Å². The standard InChI is InChI=1S/C19H26FN5O2/c1-13(2)11-22-19(26)25(16-7-5-15(20)6-8-16)17-9-10-21-18(24-17)23-14(3)12-27-4/h5-10,13-14H,11-12H2,1-4H3,(H,22,26)(H,21,23,24). The third kappa shape index (κ3) is 6.18. The van der Waals surface area contributed by atoms with Crippen molar-refractivity contribution >= 4 is 23.5 Å². The van der Waals surface area contributed by atoms with E-state index in [0.29, 0.717) is 36.5 Å². The molecule has 27 heavy (non-hydrogen) atoms. The van der Waals surface area contributed by atoms with Gasteiger partial charge in [0.15, 0.2) is 0 Å². The number of methoxy groups -OCH3 is 1. The number of nitrogens with zero attached hydrogens (tertiary/aromatic N) is 3. The third-order valence-electron chi connectivity index (χ3n) is 3.61. The van der Waals surface area contributed by atoms with E-state index in [1.54, 1.807) is 19.4 Å². The van der Waals surface area contributed by atoms with Crippen LogP contribution in [0.2, 0.25) is 0 Å². The minimum Gasteiger partial charge on any atom is -0.383 e. The molecule has 2 rings (SSSR count). The average molecular weight is 375 g/mol. The predicted molar refractivity (Wildman–Crippen MR) is 104 cm³/mol. The number of ether oxygens (including phenoxy) is 1. The zero-order valence-electron chi connectivity index (χ0n) is 16.1. The van der Waals surface area contributed by atoms with Gasteiger partial charge >= 0.3 is 6.03 Å². The van der Waals surface area contributed by atoms with Crippen molar-refractivity contribution in [3.63, 3.8) is 0 Å². The molecule has 2 N–H and O–H groups in total. The fourth-order valence-electron chi connectivity index (χ4n) is 2.37. The quantitative estimate of drug-likeness (QED) is 0.737. The molecular formula is C19H26FN5O2. The van der Waals surface area contributed by atoms with Crippen molar-refractivity contribution in [2.75, 3.05) is 30.5 Å². The van der Waals surface area contributed by atoms with Crippen molar-refractivity contribution in [2.45, 2.75) is 26.8 Å². The van der Waals surface area contributed by atoms with Gasteiger partial charge in [0.1, 0.15) is 11.6 Å². The molecule has 7 nitrogen and oxygen atoms in total. The Balaban J connectivity index is 2.32. The summed E-state index contributed by atoms with van der Waals surface area (Å²) in [7, 11) is 1.62. The summed E-state index contributed by atoms with van der Waals surface area (Å²) in [6.45, 7) is 6.95. The smallest absolute Gasteiger partial charge is 0.327 e. The van der Waals surface area contributed by atoms with E-state index in [4.69, 9.17) is 4.74 Å². The number of halogens is 1. The van der Waals surface area contributed by atoms with Crippen LogP contribution in [0.3, 0.4) is 0 Å². The first-order valence-electron chi connectivity index (χ1n) is 8.82. The van der Waals surface area contributed by atoms with Crippen LogP contribution in [0.5, 0.6) is 0 Å². The first-order chi connectivity index (χ1) is 12.9. The highest BCUT2D eigenvalue weighted by Gasteiger charge is 2.20. The molecule has 0 radical (unpaired) electrons. The number of carbonyl (C=O) groups is 1. The predicted octanol–water partition coefficient (Wildman–Crippen LogP) is 3.57. The first-order valence-corrected chi connectivity index (χ1v) is 8.82. The Bertz CT molecular complexity index is 739. The Hall–Kier alpha value is -2.74. The molecule has 0 spiro atoms. The summed E-state index contributed by atoms with van der Waals surface area (Å²) < 4.78 is 18.4. The lowest BCUT2D eigenvalue weighted by molar-refractivity contribution is 0.190. The average Bonchev–Trinajstić information content (AvgIpc) is 2.62. The molecule has 8 heteroatoms. The van der Waals surface area contributed by atoms with Crippen LogP contribution < -0.4 is 15.5 Å². The summed E-state index contributed by atoms with van der Waals surface area (Å²) in [5, 5.41) is 5.99. The Morgan fingerprint density at radius 1 is 1.22 bits per heavy atom. The molecule has 1 aromatic carbocycles. The number of amides is 2. The van der Waals surface area contributed by atoms with E-state index < -0.39 is 0 Å². The molecule has 0 saturated heterocycles. The van der Waals surface area contributed by atoms with Crippen LogP contribution in [0, 0.1) is 11.7 Å². The molecule has 1 unspecified atom stereocenters. The number of benzene rings is 1. The number of hydrogen-bond donors (Lipinski definition) is 2. The van der Waals surface area contributed by atoms with Gasteiger partial charge < -0.3 is 15.4 Å². The third-order valence-corrected chi connectivity index (χ3v) is 3.61. The fourth-order valence-corrected chi connectivity index (χ4v) is 2.37. The van der Waals surface area contributed by atoms with Gasteiger partial charge in [0.25, 0.3) is 0 Å². The van der Waals surface area contributed by atoms with Gasteiger partial charge in [-0.1, -0.05) is 13.8 Å². The molecule has 1 aromatic heterocycles. The molecule has 0 aliphatic rings. The summed E-state index contributed by atoms with van der Waals surface area (Å²) in [5.41, 5.74) is 0.507. The van der Waals surface area contributed by atoms with Crippen LogP contribution >= 0.6 is 0 Å². The highest BCUT2D eigenvalue weighted by atomic mass is 19.1. The van der Waals surface area contributed by atoms with E-state index in [-0.39, 0.29) is 17.9 Å². The number of anilines is 3. The van der Waals surface area contributed by atoms with Crippen LogP contribution in [0.1, 0.15) is 20.8 Å². The van der Waals surface area contributed by atoms with Crippen molar-refractivity contribution in [2.24, 2.45) is 5.92 Å². The lowest BCUT2D eigenvalue weighted by atomic mass is 10.2. The van der Waals surface area contributed by atoms with E-state index in [0.717, 1.165) is 0 Å². The fraction of sp³-hybridized carbons (Fsp3) is 0.421. The summed E-state index contributed by atoms with van der Waals surface area (Å²) in [4.78, 5) is 22.8. The Labute approximate surface area is 159 Å². The van der Waals surface area contributed by atoms with Gasteiger partial charge in [0.05, 0.1) is 12.3 Å². The molecule has 2 amide bonds. The van der Waals surface area contributed by atoms with Crippen molar-refractivity contribution < 1.29 is 13.9 Å². The maximum atomic E-state index is 13.3. The molecule has 0 fully saturated rings. The van der Waals surface area contributed by atoms with Gasteiger partial charge in [-0.2, -0.15) is 4.98 Å². The lowest BCUT2D eigenvalue weighted by Crippen LogP contribution is -2.39. The van der Waals surface area contributed by atoms with E-state index in [9.17, 15) is 9.18 Å². The molecule has 0 saturated carbocycles. The van der Waals surface area contributed by atoms with E-state index in [1.165, 1.54) is 29.2 Å². The molecule has 1 atom stereocenters. The van der Waals surface area contributed by atoms with E-state index in [1.807, 2.05) is 20.8 Å². The second-order valence-electron chi connectivity index (χ2n) is 6.63. The number of hydrogen-bond acceptors (Lipinski definition) is 5. The van der Waals surface area contributed by atoms with Gasteiger partial charge in [0, 0.05) is 32.0 Å². The van der Waals surface area contributed by atoms with Crippen LogP contribution in [-0.2, 0) is 4.74 Å². The molecule has 1 heterocycles. The molecule has 0 aliphatic carbocycles. The first kappa shape index (κ1) is 20.6. The van der Waals surface area contributed by atoms with Gasteiger partial charge in [0.2, 0.25) is 5.95 Å². The monoisotopic (exact) mass is 375 g/mol. The zero-order valence-corrected chi connectivity index (χ0v) is 16.1. The topological polar surface area (TPSA) is 79.4 Å². The zero-order chi connectivity index (χ0) is 19.8. The van der Waals surface area contributed by atoms with Crippen LogP contribution in [0.25, 0.3) is 0 Å². The number of urea groups is 1. The Morgan fingerprint density at radius 2 is 1.93 bits per heavy atom. The van der Waals surface area contributed by atoms with Crippen molar-refractivity contribution in [3.05, 3.63) is 42.3 Å².